The van der Waals surface area contributed by atoms with Crippen LogP contribution >= 0.6 is 0 Å². The van der Waals surface area contributed by atoms with E-state index in [1.165, 1.54) is 0 Å². The third-order valence-electron chi connectivity index (χ3n) is 4.05. The van der Waals surface area contributed by atoms with Crippen LogP contribution in [0.1, 0.15) is 0 Å². The van der Waals surface area contributed by atoms with E-state index in [1.54, 1.807) is 0 Å². The number of hydrogen-bond acceptors (Lipinski definition) is 3. The molecule has 0 spiro atoms. The van der Waals surface area contributed by atoms with E-state index in [-0.39, 0.29) is 69.1 Å². The van der Waals surface area contributed by atoms with Gasteiger partial charge in [-0.2, -0.15) is 15.3 Å². The van der Waals surface area contributed by atoms with Gasteiger partial charge in [0.15, 0.2) is 0 Å². The maximum atomic E-state index is 3.88. The van der Waals surface area contributed by atoms with Gasteiger partial charge in [0.1, 0.15) is 0 Å². The fraction of sp³-hybridized carbons (Fsp3) is 0. The fourth-order valence-corrected chi connectivity index (χ4v) is 2.65. The second-order valence-electron chi connectivity index (χ2n) is 5.87. The first-order valence-electron chi connectivity index (χ1n) is 8.54. The van der Waals surface area contributed by atoms with Crippen LogP contribution in [0.4, 0.5) is 0 Å². The second-order valence-corrected chi connectivity index (χ2v) is 5.87. The number of fused-ring (bicyclic) bond motifs is 3. The molecule has 0 atom stereocenters. The van der Waals surface area contributed by atoms with Crippen molar-refractivity contribution in [1.29, 1.82) is 0 Å². The Balaban J connectivity index is 0. The summed E-state index contributed by atoms with van der Waals surface area (Å²) in [5, 5.41) is 23.7. The van der Waals surface area contributed by atoms with Gasteiger partial charge in [-0.1, -0.05) is 54.6 Å². The number of aromatic amines is 3. The van der Waals surface area contributed by atoms with Crippen LogP contribution in [0, 0.1) is 0 Å². The fourth-order valence-electron chi connectivity index (χ4n) is 2.65. The minimum Gasteiger partial charge on any atom is -1.00 e. The quantitative estimate of drug-likeness (QED) is 0.152. The van der Waals surface area contributed by atoms with E-state index < -0.39 is 0 Å². The average Bonchev–Trinajstić information content (AvgIpc) is 3.48. The number of rotatable bonds is 0. The number of H-pyrrole nitrogens is 3. The Morgan fingerprint density at radius 2 is 0.656 bits per heavy atom. The average molecular weight is 597 g/mol. The van der Waals surface area contributed by atoms with Crippen LogP contribution in [0.25, 0.3) is 32.7 Å². The van der Waals surface area contributed by atoms with Gasteiger partial charge in [-0.3, -0.25) is 15.3 Å². The molecular weight excluding hydrogens is 579 g/mol. The normalized spacial score (nSPS) is 8.62. The smallest absolute Gasteiger partial charge is 1.00 e. The molecule has 0 aliphatic carbocycles. The standard InChI is InChI=1S/3C7H6N2.4ClH.Ru/c3*1-2-4-7-6(3-1)5-8-9-7;;;;;/h3*1-5H,(H,8,9);4*1H;/q;;;;;;;+3/p-4. The van der Waals surface area contributed by atoms with Crippen molar-refractivity contribution in [3.8, 4) is 0 Å². The topological polar surface area (TPSA) is 86.0 Å². The summed E-state index contributed by atoms with van der Waals surface area (Å²) in [4.78, 5) is 0. The number of hydrogen-bond donors (Lipinski definition) is 3. The summed E-state index contributed by atoms with van der Waals surface area (Å²) in [5.74, 6) is 0. The van der Waals surface area contributed by atoms with E-state index in [1.807, 2.05) is 91.4 Å². The molecular formula is C21H18Cl4N6Ru-. The molecule has 11 heteroatoms. The van der Waals surface area contributed by atoms with Gasteiger partial charge in [0.05, 0.1) is 35.1 Å². The summed E-state index contributed by atoms with van der Waals surface area (Å²) in [6.07, 6.45) is 5.44. The number of halogens is 4. The maximum Gasteiger partial charge on any atom is 3.00 e. The van der Waals surface area contributed by atoms with E-state index in [9.17, 15) is 0 Å². The first-order valence-corrected chi connectivity index (χ1v) is 8.54. The van der Waals surface area contributed by atoms with Crippen LogP contribution in [-0.2, 0) is 19.5 Å². The largest absolute Gasteiger partial charge is 3.00 e. The van der Waals surface area contributed by atoms with Crippen molar-refractivity contribution >= 4 is 32.7 Å². The van der Waals surface area contributed by atoms with E-state index in [0.717, 1.165) is 32.7 Å². The van der Waals surface area contributed by atoms with Gasteiger partial charge >= 0.3 is 19.5 Å². The zero-order valence-electron chi connectivity index (χ0n) is 16.4. The SMILES string of the molecule is [Cl-].[Cl-].[Cl-].[Cl-].[Ru+3].c1ccc2[nH]ncc2c1.c1ccc2[nH]ncc2c1.c1ccc2[nH]ncc2c1. The Hall–Kier alpha value is -2.15. The predicted molar refractivity (Wildman–Crippen MR) is 108 cm³/mol. The van der Waals surface area contributed by atoms with Gasteiger partial charge < -0.3 is 49.6 Å². The molecule has 169 valence electrons. The minimum absolute atomic E-state index is 0. The third-order valence-corrected chi connectivity index (χ3v) is 4.05. The van der Waals surface area contributed by atoms with Gasteiger partial charge in [0.2, 0.25) is 0 Å². The van der Waals surface area contributed by atoms with Crippen molar-refractivity contribution in [3.05, 3.63) is 91.4 Å². The molecule has 0 fully saturated rings. The Labute approximate surface area is 222 Å². The number of nitrogens with zero attached hydrogens (tertiary/aromatic N) is 3. The van der Waals surface area contributed by atoms with Gasteiger partial charge in [0.25, 0.3) is 0 Å². The molecule has 6 nitrogen and oxygen atoms in total. The Kier molecular flexibility index (Phi) is 16.5. The summed E-state index contributed by atoms with van der Waals surface area (Å²) >= 11 is 0. The number of para-hydroxylation sites is 3. The van der Waals surface area contributed by atoms with Crippen molar-refractivity contribution in [2.75, 3.05) is 0 Å². The van der Waals surface area contributed by atoms with Gasteiger partial charge in [-0.05, 0) is 18.2 Å². The zero-order chi connectivity index (χ0) is 18.3. The van der Waals surface area contributed by atoms with Crippen molar-refractivity contribution in [3.63, 3.8) is 0 Å². The van der Waals surface area contributed by atoms with Crippen molar-refractivity contribution in [2.24, 2.45) is 0 Å². The van der Waals surface area contributed by atoms with Crippen LogP contribution in [-0.4, -0.2) is 30.6 Å². The summed E-state index contributed by atoms with van der Waals surface area (Å²) in [6.45, 7) is 0. The Bertz CT molecular complexity index is 1020. The van der Waals surface area contributed by atoms with Crippen LogP contribution in [0.5, 0.6) is 0 Å². The summed E-state index contributed by atoms with van der Waals surface area (Å²) in [6, 6.07) is 24.0. The molecule has 6 aromatic rings. The summed E-state index contributed by atoms with van der Waals surface area (Å²) < 4.78 is 0. The molecule has 0 amide bonds. The van der Waals surface area contributed by atoms with Crippen LogP contribution in [0.2, 0.25) is 0 Å². The van der Waals surface area contributed by atoms with Crippen molar-refractivity contribution < 1.29 is 69.1 Å². The van der Waals surface area contributed by atoms with E-state index in [2.05, 4.69) is 30.6 Å². The van der Waals surface area contributed by atoms with Crippen LogP contribution in [0.15, 0.2) is 91.4 Å². The van der Waals surface area contributed by atoms with Crippen molar-refractivity contribution in [1.82, 2.24) is 30.6 Å². The Morgan fingerprint density at radius 3 is 0.906 bits per heavy atom. The summed E-state index contributed by atoms with van der Waals surface area (Å²) in [7, 11) is 0. The molecule has 3 aromatic carbocycles. The zero-order valence-corrected chi connectivity index (χ0v) is 21.1. The first kappa shape index (κ1) is 32.0. The van der Waals surface area contributed by atoms with Gasteiger partial charge in [-0.15, -0.1) is 0 Å². The predicted octanol–water partition coefficient (Wildman–Crippen LogP) is -7.30. The van der Waals surface area contributed by atoms with Gasteiger partial charge in [0, 0.05) is 16.2 Å². The molecule has 0 aliphatic rings. The number of aromatic nitrogens is 6. The molecule has 3 N–H and O–H groups in total. The van der Waals surface area contributed by atoms with Gasteiger partial charge in [-0.25, -0.2) is 0 Å². The maximum absolute atomic E-state index is 3.88. The third kappa shape index (κ3) is 8.42. The summed E-state index contributed by atoms with van der Waals surface area (Å²) in [5.41, 5.74) is 3.28. The molecule has 0 aliphatic heterocycles. The molecule has 6 rings (SSSR count). The first-order chi connectivity index (χ1) is 13.4. The number of benzene rings is 3. The number of nitrogens with one attached hydrogen (secondary N) is 3. The molecule has 3 heterocycles. The minimum atomic E-state index is 0. The van der Waals surface area contributed by atoms with Crippen LogP contribution < -0.4 is 49.6 Å². The van der Waals surface area contributed by atoms with E-state index >= 15 is 0 Å². The molecule has 1 radical (unpaired) electrons. The van der Waals surface area contributed by atoms with E-state index in [4.69, 9.17) is 0 Å². The second kappa shape index (κ2) is 16.5. The molecule has 0 saturated heterocycles. The van der Waals surface area contributed by atoms with Crippen molar-refractivity contribution in [2.45, 2.75) is 0 Å². The molecule has 32 heavy (non-hydrogen) atoms. The van der Waals surface area contributed by atoms with Crippen LogP contribution in [0.3, 0.4) is 0 Å². The van der Waals surface area contributed by atoms with E-state index in [0.29, 0.717) is 0 Å². The Morgan fingerprint density at radius 1 is 0.406 bits per heavy atom. The molecule has 0 unspecified atom stereocenters. The molecule has 0 bridgehead atoms. The monoisotopic (exact) mass is 596 g/mol. The molecule has 0 saturated carbocycles. The molecule has 3 aromatic heterocycles.